The summed E-state index contributed by atoms with van der Waals surface area (Å²) in [6.45, 7) is 0. The smallest absolute Gasteiger partial charge is 0.195 e. The second kappa shape index (κ2) is 6.61. The Balaban J connectivity index is 1.98. The van der Waals surface area contributed by atoms with E-state index in [1.54, 1.807) is 36.4 Å². The van der Waals surface area contributed by atoms with E-state index in [2.05, 4.69) is 0 Å². The predicted octanol–water partition coefficient (Wildman–Crippen LogP) is 5.55. The van der Waals surface area contributed by atoms with Gasteiger partial charge in [-0.15, -0.1) is 0 Å². The van der Waals surface area contributed by atoms with Gasteiger partial charge >= 0.3 is 0 Å². The number of ketones is 1. The summed E-state index contributed by atoms with van der Waals surface area (Å²) >= 11 is 12.3. The Hall–Kier alpha value is -2.03. The van der Waals surface area contributed by atoms with Crippen molar-refractivity contribution in [2.24, 2.45) is 0 Å². The largest absolute Gasteiger partial charge is 0.508 e. The number of Topliss-reactive ketones (excluding diaryl/α,β-unsaturated/α-hetero) is 1. The Labute approximate surface area is 144 Å². The number of halogens is 2. The van der Waals surface area contributed by atoms with Crippen LogP contribution in [-0.4, -0.2) is 10.9 Å². The van der Waals surface area contributed by atoms with E-state index >= 15 is 0 Å². The first-order valence-electron chi connectivity index (χ1n) is 7.23. The van der Waals surface area contributed by atoms with Crippen LogP contribution in [0, 0.1) is 0 Å². The summed E-state index contributed by atoms with van der Waals surface area (Å²) in [5.41, 5.74) is 1.64. The van der Waals surface area contributed by atoms with Crippen LogP contribution in [0.3, 0.4) is 0 Å². The van der Waals surface area contributed by atoms with Crippen molar-refractivity contribution < 1.29 is 9.90 Å². The molecule has 1 atom stereocenters. The molecule has 2 aromatic carbocycles. The van der Waals surface area contributed by atoms with Crippen LogP contribution in [0.2, 0.25) is 10.0 Å². The minimum Gasteiger partial charge on any atom is -0.508 e. The molecule has 0 saturated heterocycles. The van der Waals surface area contributed by atoms with E-state index < -0.39 is 0 Å². The van der Waals surface area contributed by atoms with E-state index in [0.717, 1.165) is 12.0 Å². The van der Waals surface area contributed by atoms with Gasteiger partial charge in [0.1, 0.15) is 5.75 Å². The highest BCUT2D eigenvalue weighted by molar-refractivity contribution is 6.41. The molecule has 116 valence electrons. The Morgan fingerprint density at radius 1 is 1.04 bits per heavy atom. The van der Waals surface area contributed by atoms with Crippen molar-refractivity contribution in [1.29, 1.82) is 0 Å². The number of benzene rings is 2. The lowest BCUT2D eigenvalue weighted by Gasteiger charge is -2.18. The van der Waals surface area contributed by atoms with E-state index in [-0.39, 0.29) is 17.5 Å². The van der Waals surface area contributed by atoms with E-state index in [1.165, 1.54) is 0 Å². The fourth-order valence-corrected chi connectivity index (χ4v) is 3.28. The summed E-state index contributed by atoms with van der Waals surface area (Å²) in [6.07, 6.45) is 6.29. The maximum atomic E-state index is 12.8. The van der Waals surface area contributed by atoms with Gasteiger partial charge in [-0.25, -0.2) is 0 Å². The first-order chi connectivity index (χ1) is 11.1. The third-order valence-electron chi connectivity index (χ3n) is 3.86. The molecule has 0 amide bonds. The van der Waals surface area contributed by atoms with Crippen LogP contribution in [0.5, 0.6) is 5.75 Å². The van der Waals surface area contributed by atoms with Gasteiger partial charge in [-0.3, -0.25) is 4.79 Å². The molecule has 0 aliphatic heterocycles. The van der Waals surface area contributed by atoms with Crippen LogP contribution >= 0.6 is 23.2 Å². The fourth-order valence-electron chi connectivity index (χ4n) is 2.71. The molecule has 23 heavy (non-hydrogen) atoms. The van der Waals surface area contributed by atoms with Crippen LogP contribution < -0.4 is 0 Å². The fraction of sp³-hybridized carbons (Fsp3) is 0.105. The van der Waals surface area contributed by atoms with Gasteiger partial charge in [-0.2, -0.15) is 0 Å². The van der Waals surface area contributed by atoms with Gasteiger partial charge in [0.15, 0.2) is 5.78 Å². The molecule has 0 aromatic heterocycles. The normalized spacial score (nSPS) is 17.0. The molecule has 2 nitrogen and oxygen atoms in total. The molecule has 0 bridgehead atoms. The number of carbonyl (C=O) groups is 1. The number of para-hydroxylation sites is 1. The molecule has 3 rings (SSSR count). The van der Waals surface area contributed by atoms with Crippen molar-refractivity contribution in [1.82, 2.24) is 0 Å². The van der Waals surface area contributed by atoms with Crippen LogP contribution in [0.4, 0.5) is 0 Å². The van der Waals surface area contributed by atoms with E-state index in [4.69, 9.17) is 23.2 Å². The van der Waals surface area contributed by atoms with Gasteiger partial charge in [0, 0.05) is 17.1 Å². The highest BCUT2D eigenvalue weighted by Crippen LogP contribution is 2.35. The molecule has 4 heteroatoms. The highest BCUT2D eigenvalue weighted by Gasteiger charge is 2.22. The minimum atomic E-state index is -0.211. The molecule has 1 aliphatic rings. The third kappa shape index (κ3) is 3.19. The number of rotatable bonds is 3. The molecule has 1 aliphatic carbocycles. The summed E-state index contributed by atoms with van der Waals surface area (Å²) < 4.78 is 0. The van der Waals surface area contributed by atoms with Crippen molar-refractivity contribution in [2.45, 2.75) is 12.3 Å². The molecule has 2 aromatic rings. The Morgan fingerprint density at radius 2 is 1.74 bits per heavy atom. The minimum absolute atomic E-state index is 0.0542. The summed E-state index contributed by atoms with van der Waals surface area (Å²) in [6, 6.07) is 12.2. The van der Waals surface area contributed by atoms with Crippen molar-refractivity contribution in [3.63, 3.8) is 0 Å². The quantitative estimate of drug-likeness (QED) is 0.741. The average Bonchev–Trinajstić information content (AvgIpc) is 2.55. The van der Waals surface area contributed by atoms with Crippen molar-refractivity contribution in [3.05, 3.63) is 87.4 Å². The molecule has 0 fully saturated rings. The number of hydrogen-bond acceptors (Lipinski definition) is 2. The zero-order chi connectivity index (χ0) is 16.4. The molecule has 1 N–H and O–H groups in total. The maximum absolute atomic E-state index is 12.8. The SMILES string of the molecule is O=C(C1=CC(c2ccccc2O)CC=C1)c1c(Cl)cccc1Cl. The maximum Gasteiger partial charge on any atom is 0.195 e. The van der Waals surface area contributed by atoms with Gasteiger partial charge < -0.3 is 5.11 Å². The lowest BCUT2D eigenvalue weighted by Crippen LogP contribution is -2.08. The van der Waals surface area contributed by atoms with E-state index in [1.807, 2.05) is 24.3 Å². The average molecular weight is 345 g/mol. The van der Waals surface area contributed by atoms with Crippen molar-refractivity contribution in [2.75, 3.05) is 0 Å². The summed E-state index contributed by atoms with van der Waals surface area (Å²) in [7, 11) is 0. The number of phenolic OH excluding ortho intramolecular Hbond substituents is 1. The van der Waals surface area contributed by atoms with Crippen molar-refractivity contribution in [3.8, 4) is 5.75 Å². The highest BCUT2D eigenvalue weighted by atomic mass is 35.5. The molecule has 0 spiro atoms. The Morgan fingerprint density at radius 3 is 2.43 bits per heavy atom. The van der Waals surface area contributed by atoms with Crippen molar-refractivity contribution >= 4 is 29.0 Å². The number of carbonyl (C=O) groups excluding carboxylic acids is 1. The Bertz CT molecular complexity index is 802. The number of hydrogen-bond donors (Lipinski definition) is 1. The standard InChI is InChI=1S/C19H14Cl2O2/c20-15-8-4-9-16(21)18(15)19(23)13-6-3-5-12(11-13)14-7-1-2-10-17(14)22/h1-4,6-12,22H,5H2. The predicted molar refractivity (Wildman–Crippen MR) is 93.5 cm³/mol. The molecule has 1 unspecified atom stereocenters. The van der Waals surface area contributed by atoms with Crippen LogP contribution in [0.25, 0.3) is 0 Å². The van der Waals surface area contributed by atoms with E-state index in [9.17, 15) is 9.90 Å². The lowest BCUT2D eigenvalue weighted by atomic mass is 9.87. The number of aromatic hydroxyl groups is 1. The van der Waals surface area contributed by atoms with Gasteiger partial charge in [-0.1, -0.05) is 65.7 Å². The molecule has 0 saturated carbocycles. The van der Waals surface area contributed by atoms with Gasteiger partial charge in [0.2, 0.25) is 0 Å². The van der Waals surface area contributed by atoms with Gasteiger partial charge in [-0.05, 0) is 24.6 Å². The second-order valence-electron chi connectivity index (χ2n) is 5.35. The molecule has 0 heterocycles. The monoisotopic (exact) mass is 344 g/mol. The first-order valence-corrected chi connectivity index (χ1v) is 7.98. The van der Waals surface area contributed by atoms with Gasteiger partial charge in [0.25, 0.3) is 0 Å². The second-order valence-corrected chi connectivity index (χ2v) is 6.17. The lowest BCUT2D eigenvalue weighted by molar-refractivity contribution is 0.103. The zero-order valence-electron chi connectivity index (χ0n) is 12.2. The van der Waals surface area contributed by atoms with Crippen LogP contribution in [-0.2, 0) is 0 Å². The molecule has 0 radical (unpaired) electrons. The zero-order valence-corrected chi connectivity index (χ0v) is 13.7. The number of phenols is 1. The third-order valence-corrected chi connectivity index (χ3v) is 4.49. The molecular formula is C19H14Cl2O2. The summed E-state index contributed by atoms with van der Waals surface area (Å²) in [5, 5.41) is 10.7. The van der Waals surface area contributed by atoms with E-state index in [0.29, 0.717) is 21.2 Å². The van der Waals surface area contributed by atoms with Gasteiger partial charge in [0.05, 0.1) is 15.6 Å². The topological polar surface area (TPSA) is 37.3 Å². The summed E-state index contributed by atoms with van der Waals surface area (Å²) in [5.74, 6) is -0.0370. The number of allylic oxidation sites excluding steroid dienone is 4. The van der Waals surface area contributed by atoms with Crippen LogP contribution in [0.1, 0.15) is 28.3 Å². The molecular weight excluding hydrogens is 331 g/mol. The first kappa shape index (κ1) is 15.9. The van der Waals surface area contributed by atoms with Crippen LogP contribution in [0.15, 0.2) is 66.3 Å². The summed E-state index contributed by atoms with van der Waals surface area (Å²) in [4.78, 5) is 12.8. The Kier molecular flexibility index (Phi) is 4.56.